The zero-order valence-corrected chi connectivity index (χ0v) is 15.3. The number of nitrogens with zero attached hydrogens (tertiary/aromatic N) is 2. The van der Waals surface area contributed by atoms with E-state index in [1.54, 1.807) is 24.3 Å². The van der Waals surface area contributed by atoms with Gasteiger partial charge in [0, 0.05) is 17.7 Å². The summed E-state index contributed by atoms with van der Waals surface area (Å²) in [7, 11) is 0. The Bertz CT molecular complexity index is 1100. The van der Waals surface area contributed by atoms with Crippen molar-refractivity contribution in [2.75, 3.05) is 0 Å². The third-order valence-electron chi connectivity index (χ3n) is 4.12. The van der Waals surface area contributed by atoms with Gasteiger partial charge >= 0.3 is 0 Å². The molecule has 0 heterocycles. The van der Waals surface area contributed by atoms with Crippen LogP contribution in [0.2, 0.25) is 0 Å². The maximum absolute atomic E-state index is 12.5. The van der Waals surface area contributed by atoms with Gasteiger partial charge in [-0.25, -0.2) is 0 Å². The van der Waals surface area contributed by atoms with Crippen molar-refractivity contribution in [1.82, 2.24) is 0 Å². The van der Waals surface area contributed by atoms with Gasteiger partial charge in [-0.05, 0) is 29.3 Å². The van der Waals surface area contributed by atoms with Gasteiger partial charge < -0.3 is 4.74 Å². The molecule has 0 N–H and O–H groups in total. The first-order chi connectivity index (χ1) is 14.1. The largest absolute Gasteiger partial charge is 0.489 e. The van der Waals surface area contributed by atoms with Crippen molar-refractivity contribution in [3.63, 3.8) is 0 Å². The number of hydrogen-bond acceptors (Lipinski definition) is 5. The summed E-state index contributed by atoms with van der Waals surface area (Å²) >= 11 is 0. The van der Waals surface area contributed by atoms with Crippen molar-refractivity contribution in [3.05, 3.63) is 111 Å². The molecule has 142 valence electrons. The number of hydrogen-bond donors (Lipinski definition) is 0. The molecule has 3 aromatic rings. The van der Waals surface area contributed by atoms with Gasteiger partial charge in [-0.2, -0.15) is 5.26 Å². The van der Waals surface area contributed by atoms with Gasteiger partial charge in [-0.15, -0.1) is 0 Å². The normalized spacial score (nSPS) is 10.8. The molecule has 0 aliphatic heterocycles. The minimum Gasteiger partial charge on any atom is -0.489 e. The Morgan fingerprint density at radius 2 is 1.76 bits per heavy atom. The van der Waals surface area contributed by atoms with E-state index in [1.807, 2.05) is 36.4 Å². The van der Waals surface area contributed by atoms with Crippen LogP contribution in [0.25, 0.3) is 6.08 Å². The predicted octanol–water partition coefficient (Wildman–Crippen LogP) is 4.96. The van der Waals surface area contributed by atoms with Crippen molar-refractivity contribution in [1.29, 1.82) is 5.26 Å². The number of nitro benzene ring substituents is 1. The number of Topliss-reactive ketones (excluding diaryl/α,β-unsaturated/α-hetero) is 1. The molecule has 29 heavy (non-hydrogen) atoms. The first-order valence-electron chi connectivity index (χ1n) is 8.74. The molecule has 0 amide bonds. The second-order valence-electron chi connectivity index (χ2n) is 6.15. The Hall–Kier alpha value is -4.24. The summed E-state index contributed by atoms with van der Waals surface area (Å²) in [5.74, 6) is 0.0927. The molecule has 0 aromatic heterocycles. The van der Waals surface area contributed by atoms with E-state index in [9.17, 15) is 20.2 Å². The highest BCUT2D eigenvalue weighted by atomic mass is 16.6. The Balaban J connectivity index is 1.73. The van der Waals surface area contributed by atoms with Crippen LogP contribution >= 0.6 is 0 Å². The number of carbonyl (C=O) groups is 1. The highest BCUT2D eigenvalue weighted by Gasteiger charge is 2.15. The standard InChI is InChI=1S/C23H16N2O4/c24-15-20(23(26)19-7-4-8-21(14-19)25(27)28)13-17-9-11-22(12-10-17)29-16-18-5-2-1-3-6-18/h1-14H,16H2/b20-13+. The van der Waals surface area contributed by atoms with E-state index in [-0.39, 0.29) is 16.8 Å². The van der Waals surface area contributed by atoms with E-state index < -0.39 is 10.7 Å². The molecular weight excluding hydrogens is 368 g/mol. The Morgan fingerprint density at radius 1 is 1.03 bits per heavy atom. The molecule has 0 aliphatic rings. The Morgan fingerprint density at radius 3 is 2.41 bits per heavy atom. The van der Waals surface area contributed by atoms with Crippen LogP contribution in [0.5, 0.6) is 5.75 Å². The number of nitro groups is 1. The smallest absolute Gasteiger partial charge is 0.270 e. The van der Waals surface area contributed by atoms with Gasteiger partial charge in [0.1, 0.15) is 24.0 Å². The van der Waals surface area contributed by atoms with E-state index in [0.29, 0.717) is 17.9 Å². The zero-order chi connectivity index (χ0) is 20.6. The zero-order valence-electron chi connectivity index (χ0n) is 15.3. The molecule has 3 aromatic carbocycles. The summed E-state index contributed by atoms with van der Waals surface area (Å²) < 4.78 is 5.71. The van der Waals surface area contributed by atoms with Crippen molar-refractivity contribution in [3.8, 4) is 11.8 Å². The molecule has 6 nitrogen and oxygen atoms in total. The lowest BCUT2D eigenvalue weighted by atomic mass is 10.0. The number of non-ortho nitro benzene ring substituents is 1. The number of ether oxygens (including phenoxy) is 1. The quantitative estimate of drug-likeness (QED) is 0.189. The summed E-state index contributed by atoms with van der Waals surface area (Å²) in [6.07, 6.45) is 1.45. The summed E-state index contributed by atoms with van der Waals surface area (Å²) in [6.45, 7) is 0.435. The number of allylic oxidation sites excluding steroid dienone is 1. The minimum atomic E-state index is -0.583. The maximum Gasteiger partial charge on any atom is 0.270 e. The van der Waals surface area contributed by atoms with Crippen LogP contribution in [0.1, 0.15) is 21.5 Å². The van der Waals surface area contributed by atoms with Crippen LogP contribution in [0.4, 0.5) is 5.69 Å². The molecule has 0 saturated carbocycles. The Labute approximate surface area is 167 Å². The molecule has 0 saturated heterocycles. The van der Waals surface area contributed by atoms with Gasteiger partial charge in [0.15, 0.2) is 0 Å². The summed E-state index contributed by atoms with van der Waals surface area (Å²) in [5.41, 5.74) is 1.48. The monoisotopic (exact) mass is 384 g/mol. The number of nitriles is 1. The second kappa shape index (κ2) is 9.11. The summed E-state index contributed by atoms with van der Waals surface area (Å²) in [6, 6.07) is 23.9. The third-order valence-corrected chi connectivity index (χ3v) is 4.12. The molecule has 0 spiro atoms. The topological polar surface area (TPSA) is 93.2 Å². The Kier molecular flexibility index (Phi) is 6.13. The molecule has 0 unspecified atom stereocenters. The van der Waals surface area contributed by atoms with E-state index >= 15 is 0 Å². The molecule has 0 aliphatic carbocycles. The molecule has 0 fully saturated rings. The van der Waals surface area contributed by atoms with Crippen LogP contribution in [0.15, 0.2) is 84.4 Å². The fraction of sp³-hybridized carbons (Fsp3) is 0.0435. The molecule has 3 rings (SSSR count). The molecule has 6 heteroatoms. The average molecular weight is 384 g/mol. The van der Waals surface area contributed by atoms with Gasteiger partial charge in [-0.3, -0.25) is 14.9 Å². The van der Waals surface area contributed by atoms with E-state index in [1.165, 1.54) is 24.3 Å². The maximum atomic E-state index is 12.5. The molecule has 0 atom stereocenters. The van der Waals surface area contributed by atoms with E-state index in [0.717, 1.165) is 11.6 Å². The first kappa shape index (κ1) is 19.5. The highest BCUT2D eigenvalue weighted by Crippen LogP contribution is 2.19. The SMILES string of the molecule is N#C/C(=C\c1ccc(OCc2ccccc2)cc1)C(=O)c1cccc([N+](=O)[O-])c1. The lowest BCUT2D eigenvalue weighted by Crippen LogP contribution is -2.02. The first-order valence-corrected chi connectivity index (χ1v) is 8.74. The van der Waals surface area contributed by atoms with Crippen LogP contribution in [-0.2, 0) is 6.61 Å². The second-order valence-corrected chi connectivity index (χ2v) is 6.15. The number of ketones is 1. The van der Waals surface area contributed by atoms with Crippen molar-refractivity contribution in [2.24, 2.45) is 0 Å². The number of rotatable bonds is 7. The van der Waals surface area contributed by atoms with Gasteiger partial charge in [0.25, 0.3) is 5.69 Å². The number of benzene rings is 3. The highest BCUT2D eigenvalue weighted by molar-refractivity contribution is 6.14. The fourth-order valence-corrected chi connectivity index (χ4v) is 2.63. The lowest BCUT2D eigenvalue weighted by Gasteiger charge is -2.06. The molecular formula is C23H16N2O4. The van der Waals surface area contributed by atoms with Gasteiger partial charge in [0.2, 0.25) is 5.78 Å². The van der Waals surface area contributed by atoms with Crippen LogP contribution in [-0.4, -0.2) is 10.7 Å². The predicted molar refractivity (Wildman–Crippen MR) is 108 cm³/mol. The van der Waals surface area contributed by atoms with Gasteiger partial charge in [0.05, 0.1) is 4.92 Å². The summed E-state index contributed by atoms with van der Waals surface area (Å²) in [4.78, 5) is 22.8. The molecule has 0 bridgehead atoms. The van der Waals surface area contributed by atoms with Crippen molar-refractivity contribution >= 4 is 17.5 Å². The van der Waals surface area contributed by atoms with E-state index in [4.69, 9.17) is 4.74 Å². The van der Waals surface area contributed by atoms with Gasteiger partial charge in [-0.1, -0.05) is 54.6 Å². The number of carbonyl (C=O) groups excluding carboxylic acids is 1. The molecule has 0 radical (unpaired) electrons. The van der Waals surface area contributed by atoms with Crippen LogP contribution < -0.4 is 4.74 Å². The van der Waals surface area contributed by atoms with E-state index in [2.05, 4.69) is 0 Å². The summed E-state index contributed by atoms with van der Waals surface area (Å²) in [5, 5.41) is 20.2. The van der Waals surface area contributed by atoms with Crippen molar-refractivity contribution < 1.29 is 14.5 Å². The van der Waals surface area contributed by atoms with Crippen LogP contribution in [0.3, 0.4) is 0 Å². The fourth-order valence-electron chi connectivity index (χ4n) is 2.63. The van der Waals surface area contributed by atoms with Crippen molar-refractivity contribution in [2.45, 2.75) is 6.61 Å². The minimum absolute atomic E-state index is 0.0924. The lowest BCUT2D eigenvalue weighted by molar-refractivity contribution is -0.384. The average Bonchev–Trinajstić information content (AvgIpc) is 2.77. The van der Waals surface area contributed by atoms with Crippen LogP contribution in [0, 0.1) is 21.4 Å². The third kappa shape index (κ3) is 5.15.